The minimum atomic E-state index is 0.567. The first kappa shape index (κ1) is 33.0. The third-order valence-corrected chi connectivity index (χ3v) is 10.2. The quantitative estimate of drug-likeness (QED) is 0.157. The number of para-hydroxylation sites is 5. The number of nitrogens with zero attached hydrogens (tertiary/aromatic N) is 5. The second kappa shape index (κ2) is 14.3. The molecule has 264 valence electrons. The third kappa shape index (κ3) is 6.07. The molecule has 0 atom stereocenters. The summed E-state index contributed by atoms with van der Waals surface area (Å²) in [4.78, 5) is 18.0. The van der Waals surface area contributed by atoms with Gasteiger partial charge in [-0.15, -0.1) is 0 Å². The van der Waals surface area contributed by atoms with Crippen LogP contribution in [0, 0.1) is 0 Å². The number of rotatable bonds is 8. The van der Waals surface area contributed by atoms with E-state index < -0.39 is 0 Å². The maximum atomic E-state index is 5.27. The Bertz CT molecular complexity index is 2880. The number of hydrogen-bond donors (Lipinski definition) is 0. The van der Waals surface area contributed by atoms with E-state index in [9.17, 15) is 0 Å². The van der Waals surface area contributed by atoms with Crippen molar-refractivity contribution < 1.29 is 0 Å². The van der Waals surface area contributed by atoms with E-state index in [2.05, 4.69) is 216 Å². The summed E-state index contributed by atoms with van der Waals surface area (Å²) < 4.78 is 2.16. The van der Waals surface area contributed by atoms with Crippen molar-refractivity contribution in [2.75, 3.05) is 4.90 Å². The molecule has 0 unspecified atom stereocenters. The lowest BCUT2D eigenvalue weighted by Gasteiger charge is -2.27. The van der Waals surface area contributed by atoms with Crippen molar-refractivity contribution >= 4 is 38.9 Å². The molecule has 56 heavy (non-hydrogen) atoms. The standard InChI is InChI=1S/C51H35N5/c1-4-18-36(19-5-1)37-20-16-22-39(34-37)49-52-50(54-51(53-49)56-47-32-14-11-29-44(47)45-30-12-15-33-48(45)56)40-23-17-21-38(35-40)43-28-10-13-31-46(43)55(41-24-6-2-7-25-41)42-26-8-3-9-27-42/h1-35H. The largest absolute Gasteiger partial charge is 0.310 e. The summed E-state index contributed by atoms with van der Waals surface area (Å²) in [5, 5.41) is 2.30. The molecule has 0 spiro atoms. The molecule has 5 heteroatoms. The molecular formula is C51H35N5. The predicted octanol–water partition coefficient (Wildman–Crippen LogP) is 13.1. The zero-order valence-corrected chi connectivity index (χ0v) is 30.4. The van der Waals surface area contributed by atoms with Gasteiger partial charge in [-0.1, -0.05) is 158 Å². The van der Waals surface area contributed by atoms with Gasteiger partial charge in [0.15, 0.2) is 11.6 Å². The molecular weight excluding hydrogens is 683 g/mol. The molecule has 0 N–H and O–H groups in total. The Labute approximate surface area is 325 Å². The summed E-state index contributed by atoms with van der Waals surface area (Å²) in [5.74, 6) is 1.77. The molecule has 0 amide bonds. The first-order valence-electron chi connectivity index (χ1n) is 18.8. The van der Waals surface area contributed by atoms with Crippen molar-refractivity contribution in [2.45, 2.75) is 0 Å². The maximum Gasteiger partial charge on any atom is 0.238 e. The SMILES string of the molecule is c1ccc(-c2cccc(-c3nc(-c4cccc(-c5ccccc5N(c5ccccc5)c5ccccc5)c4)nc(-n4c5ccccc5c5ccccc54)n3)c2)cc1. The van der Waals surface area contributed by atoms with Gasteiger partial charge in [-0.2, -0.15) is 9.97 Å². The van der Waals surface area contributed by atoms with Crippen molar-refractivity contribution in [3.8, 4) is 51.0 Å². The van der Waals surface area contributed by atoms with Crippen LogP contribution in [-0.4, -0.2) is 19.5 Å². The van der Waals surface area contributed by atoms with Gasteiger partial charge >= 0.3 is 0 Å². The Balaban J connectivity index is 1.16. The van der Waals surface area contributed by atoms with E-state index in [-0.39, 0.29) is 0 Å². The molecule has 8 aromatic carbocycles. The summed E-state index contributed by atoms with van der Waals surface area (Å²) in [5.41, 5.74) is 11.5. The molecule has 10 aromatic rings. The van der Waals surface area contributed by atoms with Crippen LogP contribution in [0.15, 0.2) is 212 Å². The monoisotopic (exact) mass is 717 g/mol. The average molecular weight is 718 g/mol. The zero-order chi connectivity index (χ0) is 37.3. The molecule has 2 heterocycles. The molecule has 2 aromatic heterocycles. The van der Waals surface area contributed by atoms with Crippen LogP contribution in [0.5, 0.6) is 0 Å². The molecule has 0 bridgehead atoms. The first-order chi connectivity index (χ1) is 27.8. The fourth-order valence-corrected chi connectivity index (χ4v) is 7.65. The molecule has 0 aliphatic heterocycles. The highest BCUT2D eigenvalue weighted by atomic mass is 15.2. The molecule has 0 radical (unpaired) electrons. The summed E-state index contributed by atoms with van der Waals surface area (Å²) in [6.07, 6.45) is 0. The Morgan fingerprint density at radius 3 is 1.39 bits per heavy atom. The molecule has 0 saturated carbocycles. The second-order valence-electron chi connectivity index (χ2n) is 13.7. The molecule has 0 fully saturated rings. The lowest BCUT2D eigenvalue weighted by atomic mass is 9.99. The highest BCUT2D eigenvalue weighted by molar-refractivity contribution is 6.09. The minimum Gasteiger partial charge on any atom is -0.310 e. The topological polar surface area (TPSA) is 46.8 Å². The van der Waals surface area contributed by atoms with Crippen LogP contribution in [-0.2, 0) is 0 Å². The number of hydrogen-bond acceptors (Lipinski definition) is 4. The van der Waals surface area contributed by atoms with Crippen molar-refractivity contribution in [3.63, 3.8) is 0 Å². The smallest absolute Gasteiger partial charge is 0.238 e. The summed E-state index contributed by atoms with van der Waals surface area (Å²) in [6, 6.07) is 73.9. The zero-order valence-electron chi connectivity index (χ0n) is 30.4. The average Bonchev–Trinajstić information content (AvgIpc) is 3.62. The lowest BCUT2D eigenvalue weighted by molar-refractivity contribution is 0.953. The fraction of sp³-hybridized carbons (Fsp3) is 0. The Hall–Kier alpha value is -7.63. The van der Waals surface area contributed by atoms with E-state index in [1.807, 2.05) is 6.07 Å². The highest BCUT2D eigenvalue weighted by Gasteiger charge is 2.20. The third-order valence-electron chi connectivity index (χ3n) is 10.2. The van der Waals surface area contributed by atoms with Gasteiger partial charge < -0.3 is 4.90 Å². The van der Waals surface area contributed by atoms with Gasteiger partial charge in [0, 0.05) is 38.8 Å². The van der Waals surface area contributed by atoms with Crippen molar-refractivity contribution in [3.05, 3.63) is 212 Å². The summed E-state index contributed by atoms with van der Waals surface area (Å²) in [6.45, 7) is 0. The molecule has 5 nitrogen and oxygen atoms in total. The molecule has 10 rings (SSSR count). The Morgan fingerprint density at radius 2 is 0.786 bits per heavy atom. The van der Waals surface area contributed by atoms with Crippen LogP contribution < -0.4 is 4.90 Å². The van der Waals surface area contributed by atoms with Gasteiger partial charge in [-0.25, -0.2) is 4.98 Å². The van der Waals surface area contributed by atoms with E-state index in [4.69, 9.17) is 15.0 Å². The number of anilines is 3. The van der Waals surface area contributed by atoms with Gasteiger partial charge in [0.2, 0.25) is 5.95 Å². The van der Waals surface area contributed by atoms with Crippen molar-refractivity contribution in [1.29, 1.82) is 0 Å². The maximum absolute atomic E-state index is 5.27. The predicted molar refractivity (Wildman–Crippen MR) is 231 cm³/mol. The van der Waals surface area contributed by atoms with Crippen molar-refractivity contribution in [1.82, 2.24) is 19.5 Å². The Morgan fingerprint density at radius 1 is 0.339 bits per heavy atom. The highest BCUT2D eigenvalue weighted by Crippen LogP contribution is 2.41. The van der Waals surface area contributed by atoms with Crippen LogP contribution in [0.3, 0.4) is 0 Å². The first-order valence-corrected chi connectivity index (χ1v) is 18.8. The van der Waals surface area contributed by atoms with Gasteiger partial charge in [0.25, 0.3) is 0 Å². The van der Waals surface area contributed by atoms with Crippen LogP contribution >= 0.6 is 0 Å². The van der Waals surface area contributed by atoms with E-state index >= 15 is 0 Å². The van der Waals surface area contributed by atoms with Gasteiger partial charge in [0.1, 0.15) is 0 Å². The van der Waals surface area contributed by atoms with E-state index in [1.54, 1.807) is 0 Å². The number of fused-ring (bicyclic) bond motifs is 3. The Kier molecular flexibility index (Phi) is 8.43. The summed E-state index contributed by atoms with van der Waals surface area (Å²) >= 11 is 0. The molecule has 0 aliphatic rings. The van der Waals surface area contributed by atoms with Crippen LogP contribution in [0.2, 0.25) is 0 Å². The van der Waals surface area contributed by atoms with Gasteiger partial charge in [-0.3, -0.25) is 4.57 Å². The van der Waals surface area contributed by atoms with E-state index in [1.165, 1.54) is 0 Å². The van der Waals surface area contributed by atoms with Crippen LogP contribution in [0.4, 0.5) is 17.1 Å². The van der Waals surface area contributed by atoms with Crippen molar-refractivity contribution in [2.24, 2.45) is 0 Å². The van der Waals surface area contributed by atoms with Gasteiger partial charge in [-0.05, 0) is 71.3 Å². The molecule has 0 saturated heterocycles. The molecule has 0 aliphatic carbocycles. The second-order valence-corrected chi connectivity index (χ2v) is 13.7. The fourth-order valence-electron chi connectivity index (χ4n) is 7.65. The number of benzene rings is 8. The summed E-state index contributed by atoms with van der Waals surface area (Å²) in [7, 11) is 0. The normalized spacial score (nSPS) is 11.2. The van der Waals surface area contributed by atoms with Crippen LogP contribution in [0.25, 0.3) is 72.8 Å². The van der Waals surface area contributed by atoms with E-state index in [0.29, 0.717) is 17.6 Å². The van der Waals surface area contributed by atoms with Crippen LogP contribution in [0.1, 0.15) is 0 Å². The van der Waals surface area contributed by atoms with E-state index in [0.717, 1.165) is 72.2 Å². The lowest BCUT2D eigenvalue weighted by Crippen LogP contribution is -2.11. The minimum absolute atomic E-state index is 0.567. The van der Waals surface area contributed by atoms with Gasteiger partial charge in [0.05, 0.1) is 16.7 Å². The number of aromatic nitrogens is 4.